The third-order valence-electron chi connectivity index (χ3n) is 2.90. The van der Waals surface area contributed by atoms with Crippen molar-refractivity contribution in [2.24, 2.45) is 0 Å². The molecule has 1 aliphatic rings. The van der Waals surface area contributed by atoms with Crippen LogP contribution in [0.1, 0.15) is 31.9 Å². The van der Waals surface area contributed by atoms with Crippen LogP contribution in [0.3, 0.4) is 0 Å². The van der Waals surface area contributed by atoms with Gasteiger partial charge in [0.15, 0.2) is 5.67 Å². The van der Waals surface area contributed by atoms with Gasteiger partial charge in [-0.05, 0) is 43.9 Å². The average molecular weight is 214 g/mol. The van der Waals surface area contributed by atoms with Gasteiger partial charge in [-0.15, -0.1) is 0 Å². The average Bonchev–Trinajstić information content (AvgIpc) is 2.72. The van der Waals surface area contributed by atoms with E-state index in [0.717, 1.165) is 25.8 Å². The molecule has 2 unspecified atom stereocenters. The van der Waals surface area contributed by atoms with E-state index in [1.165, 1.54) is 11.5 Å². The zero-order valence-electron chi connectivity index (χ0n) is 8.29. The molecule has 0 bridgehead atoms. The minimum Gasteiger partial charge on any atom is -0.311 e. The maximum absolute atomic E-state index is 14.4. The fourth-order valence-corrected chi connectivity index (χ4v) is 2.56. The largest absolute Gasteiger partial charge is 0.311 e. The standard InChI is InChI=1S/C10H15FN2S/c1-10(11,9-5-7-14-13-9)8-4-2-3-6-12-8/h5,7-8,12H,2-4,6H2,1H3. The predicted octanol–water partition coefficient (Wildman–Crippen LogP) is 2.47. The molecule has 2 atom stereocenters. The molecule has 1 aliphatic heterocycles. The normalized spacial score (nSPS) is 27.1. The number of hydrogen-bond acceptors (Lipinski definition) is 3. The molecule has 2 nitrogen and oxygen atoms in total. The molecule has 1 aromatic heterocycles. The Morgan fingerprint density at radius 2 is 2.50 bits per heavy atom. The Hall–Kier alpha value is -0.480. The summed E-state index contributed by atoms with van der Waals surface area (Å²) in [4.78, 5) is 0. The molecule has 0 spiro atoms. The van der Waals surface area contributed by atoms with Crippen molar-refractivity contribution in [3.05, 3.63) is 17.1 Å². The van der Waals surface area contributed by atoms with E-state index in [0.29, 0.717) is 5.69 Å². The van der Waals surface area contributed by atoms with Gasteiger partial charge in [0.25, 0.3) is 0 Å². The lowest BCUT2D eigenvalue weighted by molar-refractivity contribution is 0.104. The first-order chi connectivity index (χ1) is 6.71. The van der Waals surface area contributed by atoms with Crippen LogP contribution in [-0.4, -0.2) is 17.0 Å². The summed E-state index contributed by atoms with van der Waals surface area (Å²) in [6.07, 6.45) is 3.18. The first kappa shape index (κ1) is 10.1. The van der Waals surface area contributed by atoms with Crippen LogP contribution < -0.4 is 5.32 Å². The highest BCUT2D eigenvalue weighted by Crippen LogP contribution is 2.32. The van der Waals surface area contributed by atoms with Crippen LogP contribution in [0, 0.1) is 0 Å². The topological polar surface area (TPSA) is 24.9 Å². The van der Waals surface area contributed by atoms with E-state index in [4.69, 9.17) is 0 Å². The number of halogens is 1. The maximum atomic E-state index is 14.4. The summed E-state index contributed by atoms with van der Waals surface area (Å²) in [5, 5.41) is 5.07. The number of nitrogens with one attached hydrogen (secondary N) is 1. The lowest BCUT2D eigenvalue weighted by Crippen LogP contribution is -2.46. The molecule has 78 valence electrons. The third-order valence-corrected chi connectivity index (χ3v) is 3.46. The van der Waals surface area contributed by atoms with Gasteiger partial charge in [0, 0.05) is 11.4 Å². The Balaban J connectivity index is 2.14. The highest BCUT2D eigenvalue weighted by Gasteiger charge is 2.38. The first-order valence-electron chi connectivity index (χ1n) is 5.04. The Kier molecular flexibility index (Phi) is 2.83. The maximum Gasteiger partial charge on any atom is 0.166 e. The van der Waals surface area contributed by atoms with Crippen molar-refractivity contribution in [2.75, 3.05) is 6.54 Å². The van der Waals surface area contributed by atoms with Gasteiger partial charge in [0.2, 0.25) is 0 Å². The molecule has 14 heavy (non-hydrogen) atoms. The van der Waals surface area contributed by atoms with Gasteiger partial charge in [-0.1, -0.05) is 6.42 Å². The second-order valence-electron chi connectivity index (χ2n) is 3.96. The molecule has 1 aromatic rings. The van der Waals surface area contributed by atoms with Crippen molar-refractivity contribution in [3.63, 3.8) is 0 Å². The number of rotatable bonds is 2. The van der Waals surface area contributed by atoms with Crippen molar-refractivity contribution < 1.29 is 4.39 Å². The fourth-order valence-electron chi connectivity index (χ4n) is 1.96. The Morgan fingerprint density at radius 1 is 1.64 bits per heavy atom. The summed E-state index contributed by atoms with van der Waals surface area (Å²) in [6.45, 7) is 2.55. The molecule has 0 aliphatic carbocycles. The predicted molar refractivity (Wildman–Crippen MR) is 56.2 cm³/mol. The molecule has 0 radical (unpaired) electrons. The Labute approximate surface area is 87.7 Å². The van der Waals surface area contributed by atoms with Crippen LogP contribution in [0.2, 0.25) is 0 Å². The summed E-state index contributed by atoms with van der Waals surface area (Å²) in [6, 6.07) is 1.71. The molecule has 1 saturated heterocycles. The number of alkyl halides is 1. The lowest BCUT2D eigenvalue weighted by atomic mass is 9.88. The fraction of sp³-hybridized carbons (Fsp3) is 0.700. The van der Waals surface area contributed by atoms with Gasteiger partial charge in [-0.3, -0.25) is 0 Å². The molecular formula is C10H15FN2S. The minimum absolute atomic E-state index is 0.0710. The highest BCUT2D eigenvalue weighted by molar-refractivity contribution is 7.03. The summed E-state index contributed by atoms with van der Waals surface area (Å²) < 4.78 is 18.5. The van der Waals surface area contributed by atoms with Crippen LogP contribution in [-0.2, 0) is 5.67 Å². The Morgan fingerprint density at radius 3 is 3.07 bits per heavy atom. The molecule has 1 fully saturated rings. The molecule has 0 saturated carbocycles. The number of nitrogens with zero attached hydrogens (tertiary/aromatic N) is 1. The van der Waals surface area contributed by atoms with Crippen LogP contribution >= 0.6 is 11.5 Å². The van der Waals surface area contributed by atoms with Crippen LogP contribution in [0.4, 0.5) is 4.39 Å². The van der Waals surface area contributed by atoms with Crippen molar-refractivity contribution in [2.45, 2.75) is 37.9 Å². The minimum atomic E-state index is -1.32. The molecule has 1 N–H and O–H groups in total. The zero-order valence-corrected chi connectivity index (χ0v) is 9.11. The molecule has 4 heteroatoms. The van der Waals surface area contributed by atoms with Gasteiger partial charge in [0.05, 0.1) is 5.69 Å². The molecule has 2 rings (SSSR count). The number of hydrogen-bond donors (Lipinski definition) is 1. The summed E-state index contributed by atoms with van der Waals surface area (Å²) >= 11 is 1.31. The van der Waals surface area contributed by atoms with E-state index >= 15 is 0 Å². The van der Waals surface area contributed by atoms with Crippen molar-refractivity contribution >= 4 is 11.5 Å². The third kappa shape index (κ3) is 1.81. The van der Waals surface area contributed by atoms with E-state index in [1.54, 1.807) is 13.0 Å². The van der Waals surface area contributed by atoms with Gasteiger partial charge in [-0.25, -0.2) is 4.39 Å². The Bertz CT molecular complexity index is 278. The van der Waals surface area contributed by atoms with Crippen molar-refractivity contribution in [1.29, 1.82) is 0 Å². The second-order valence-corrected chi connectivity index (χ2v) is 4.63. The first-order valence-corrected chi connectivity index (χ1v) is 5.88. The molecule has 0 aromatic carbocycles. The lowest BCUT2D eigenvalue weighted by Gasteiger charge is -2.33. The van der Waals surface area contributed by atoms with Crippen LogP contribution in [0.5, 0.6) is 0 Å². The van der Waals surface area contributed by atoms with E-state index < -0.39 is 5.67 Å². The molecular weight excluding hydrogens is 199 g/mol. The van der Waals surface area contributed by atoms with Crippen molar-refractivity contribution in [1.82, 2.24) is 9.69 Å². The number of aromatic nitrogens is 1. The summed E-state index contributed by atoms with van der Waals surface area (Å²) in [7, 11) is 0. The van der Waals surface area contributed by atoms with Gasteiger partial charge >= 0.3 is 0 Å². The zero-order chi connectivity index (χ0) is 10.0. The van der Waals surface area contributed by atoms with Crippen LogP contribution in [0.25, 0.3) is 0 Å². The quantitative estimate of drug-likeness (QED) is 0.818. The van der Waals surface area contributed by atoms with Crippen LogP contribution in [0.15, 0.2) is 11.4 Å². The molecule has 0 amide bonds. The van der Waals surface area contributed by atoms with Crippen molar-refractivity contribution in [3.8, 4) is 0 Å². The molecule has 2 heterocycles. The smallest absolute Gasteiger partial charge is 0.166 e. The van der Waals surface area contributed by atoms with E-state index in [-0.39, 0.29) is 6.04 Å². The van der Waals surface area contributed by atoms with E-state index in [9.17, 15) is 4.39 Å². The van der Waals surface area contributed by atoms with Gasteiger partial charge < -0.3 is 5.32 Å². The summed E-state index contributed by atoms with van der Waals surface area (Å²) in [5.74, 6) is 0. The summed E-state index contributed by atoms with van der Waals surface area (Å²) in [5.41, 5.74) is -0.748. The second kappa shape index (κ2) is 3.95. The van der Waals surface area contributed by atoms with E-state index in [1.807, 2.05) is 5.38 Å². The van der Waals surface area contributed by atoms with Gasteiger partial charge in [-0.2, -0.15) is 4.37 Å². The SMILES string of the molecule is CC(F)(c1ccsn1)C1CCCCN1. The monoisotopic (exact) mass is 214 g/mol. The number of piperidine rings is 1. The highest BCUT2D eigenvalue weighted by atomic mass is 32.1. The van der Waals surface area contributed by atoms with Gasteiger partial charge in [0.1, 0.15) is 0 Å². The van der Waals surface area contributed by atoms with E-state index in [2.05, 4.69) is 9.69 Å².